The molecule has 0 aromatic heterocycles. The minimum absolute atomic E-state index is 0.120. The zero-order valence-corrected chi connectivity index (χ0v) is 16.7. The van der Waals surface area contributed by atoms with Crippen molar-refractivity contribution < 1.29 is 19.1 Å². The maximum atomic E-state index is 12.9. The zero-order chi connectivity index (χ0) is 19.5. The molecule has 0 bridgehead atoms. The third kappa shape index (κ3) is 7.24. The highest BCUT2D eigenvalue weighted by atomic mass is 16.5. The number of ether oxygens (including phenoxy) is 2. The number of para-hydroxylation sites is 1. The number of nitrogens with zero attached hydrogens (tertiary/aromatic N) is 1. The first-order valence-corrected chi connectivity index (χ1v) is 10.2. The van der Waals surface area contributed by atoms with Crippen LogP contribution in [-0.2, 0) is 14.3 Å². The summed E-state index contributed by atoms with van der Waals surface area (Å²) in [7, 11) is 0. The van der Waals surface area contributed by atoms with Crippen LogP contribution < -0.4 is 4.74 Å². The summed E-state index contributed by atoms with van der Waals surface area (Å²) >= 11 is 0. The molecule has 5 nitrogen and oxygen atoms in total. The van der Waals surface area contributed by atoms with E-state index in [4.69, 9.17) is 9.47 Å². The fourth-order valence-electron chi connectivity index (χ4n) is 3.75. The van der Waals surface area contributed by atoms with E-state index < -0.39 is 0 Å². The SMILES string of the molecule is CCOC(=O)CCN(C(=O)CCCOc1ccccc1)C1CCCCC1C. The molecule has 1 saturated carbocycles. The van der Waals surface area contributed by atoms with Crippen LogP contribution >= 0.6 is 0 Å². The molecular formula is C22H33NO4. The lowest BCUT2D eigenvalue weighted by atomic mass is 9.84. The number of rotatable bonds is 10. The van der Waals surface area contributed by atoms with E-state index in [0.717, 1.165) is 25.0 Å². The predicted molar refractivity (Wildman–Crippen MR) is 106 cm³/mol. The van der Waals surface area contributed by atoms with Crippen molar-refractivity contribution in [3.05, 3.63) is 30.3 Å². The first kappa shape index (κ1) is 21.3. The lowest BCUT2D eigenvalue weighted by Crippen LogP contribution is -2.46. The van der Waals surface area contributed by atoms with Crippen molar-refractivity contribution in [3.8, 4) is 5.75 Å². The Balaban J connectivity index is 1.86. The fourth-order valence-corrected chi connectivity index (χ4v) is 3.75. The van der Waals surface area contributed by atoms with E-state index in [-0.39, 0.29) is 24.3 Å². The molecule has 2 unspecified atom stereocenters. The summed E-state index contributed by atoms with van der Waals surface area (Å²) in [6.07, 6.45) is 5.92. The van der Waals surface area contributed by atoms with Crippen LogP contribution in [0.4, 0.5) is 0 Å². The molecule has 1 aromatic carbocycles. The smallest absolute Gasteiger partial charge is 0.307 e. The topological polar surface area (TPSA) is 55.8 Å². The van der Waals surface area contributed by atoms with Gasteiger partial charge in [-0.2, -0.15) is 0 Å². The molecular weight excluding hydrogens is 342 g/mol. The third-order valence-electron chi connectivity index (χ3n) is 5.20. The predicted octanol–water partition coefficient (Wildman–Crippen LogP) is 4.21. The number of esters is 1. The number of amides is 1. The van der Waals surface area contributed by atoms with Crippen LogP contribution in [0.25, 0.3) is 0 Å². The van der Waals surface area contributed by atoms with E-state index in [0.29, 0.717) is 38.5 Å². The molecule has 1 aromatic rings. The minimum atomic E-state index is -0.230. The minimum Gasteiger partial charge on any atom is -0.494 e. The van der Waals surface area contributed by atoms with Crippen molar-refractivity contribution in [1.29, 1.82) is 0 Å². The highest BCUT2D eigenvalue weighted by molar-refractivity contribution is 5.77. The van der Waals surface area contributed by atoms with Gasteiger partial charge < -0.3 is 14.4 Å². The van der Waals surface area contributed by atoms with Crippen molar-refractivity contribution >= 4 is 11.9 Å². The second kappa shape index (κ2) is 11.6. The summed E-state index contributed by atoms with van der Waals surface area (Å²) < 4.78 is 10.7. The lowest BCUT2D eigenvalue weighted by molar-refractivity contribution is -0.145. The van der Waals surface area contributed by atoms with Gasteiger partial charge in [0, 0.05) is 19.0 Å². The second-order valence-corrected chi connectivity index (χ2v) is 7.24. The van der Waals surface area contributed by atoms with Gasteiger partial charge in [-0.05, 0) is 44.2 Å². The molecule has 0 N–H and O–H groups in total. The Kier molecular flexibility index (Phi) is 9.16. The first-order chi connectivity index (χ1) is 13.1. The highest BCUT2D eigenvalue weighted by Crippen LogP contribution is 2.29. The Hall–Kier alpha value is -2.04. The van der Waals surface area contributed by atoms with Gasteiger partial charge in [0.2, 0.25) is 5.91 Å². The number of benzene rings is 1. The van der Waals surface area contributed by atoms with Crippen molar-refractivity contribution in [2.24, 2.45) is 5.92 Å². The summed E-state index contributed by atoms with van der Waals surface area (Å²) in [5.41, 5.74) is 0. The number of carbonyl (C=O) groups excluding carboxylic acids is 2. The first-order valence-electron chi connectivity index (χ1n) is 10.2. The van der Waals surface area contributed by atoms with Gasteiger partial charge in [0.05, 0.1) is 19.6 Å². The van der Waals surface area contributed by atoms with Gasteiger partial charge in [0.15, 0.2) is 0 Å². The maximum Gasteiger partial charge on any atom is 0.307 e. The molecule has 2 atom stereocenters. The maximum absolute atomic E-state index is 12.9. The average molecular weight is 376 g/mol. The molecule has 0 heterocycles. The van der Waals surface area contributed by atoms with E-state index >= 15 is 0 Å². The molecule has 2 rings (SSSR count). The average Bonchev–Trinajstić information content (AvgIpc) is 2.68. The summed E-state index contributed by atoms with van der Waals surface area (Å²) in [5.74, 6) is 1.19. The van der Waals surface area contributed by atoms with Crippen LogP contribution in [0.5, 0.6) is 5.75 Å². The molecule has 0 saturated heterocycles. The Morgan fingerprint density at radius 1 is 1.11 bits per heavy atom. The van der Waals surface area contributed by atoms with E-state index in [2.05, 4.69) is 6.92 Å². The second-order valence-electron chi connectivity index (χ2n) is 7.24. The van der Waals surface area contributed by atoms with Crippen LogP contribution in [0.3, 0.4) is 0 Å². The summed E-state index contributed by atoms with van der Waals surface area (Å²) in [5, 5.41) is 0. The Bertz CT molecular complexity index is 575. The Morgan fingerprint density at radius 3 is 2.56 bits per heavy atom. The molecule has 0 radical (unpaired) electrons. The van der Waals surface area contributed by atoms with E-state index in [1.807, 2.05) is 35.2 Å². The van der Waals surface area contributed by atoms with Gasteiger partial charge in [0.25, 0.3) is 0 Å². The number of hydrogen-bond acceptors (Lipinski definition) is 4. The van der Waals surface area contributed by atoms with Gasteiger partial charge in [-0.3, -0.25) is 9.59 Å². The lowest BCUT2D eigenvalue weighted by Gasteiger charge is -2.38. The van der Waals surface area contributed by atoms with Crippen molar-refractivity contribution in [2.75, 3.05) is 19.8 Å². The van der Waals surface area contributed by atoms with Crippen molar-refractivity contribution in [2.45, 2.75) is 64.8 Å². The quantitative estimate of drug-likeness (QED) is 0.454. The van der Waals surface area contributed by atoms with Crippen molar-refractivity contribution in [3.63, 3.8) is 0 Å². The van der Waals surface area contributed by atoms with Crippen LogP contribution in [-0.4, -0.2) is 42.6 Å². The monoisotopic (exact) mass is 375 g/mol. The number of hydrogen-bond donors (Lipinski definition) is 0. The standard InChI is InChI=1S/C22H33NO4/c1-3-26-22(25)15-16-23(20-13-8-7-10-18(20)2)21(24)14-9-17-27-19-11-5-4-6-12-19/h4-6,11-12,18,20H,3,7-10,13-17H2,1-2H3. The molecule has 1 aliphatic rings. The number of carbonyl (C=O) groups is 2. The normalized spacial score (nSPS) is 19.3. The molecule has 1 fully saturated rings. The molecule has 1 aliphatic carbocycles. The van der Waals surface area contributed by atoms with Crippen LogP contribution in [0.2, 0.25) is 0 Å². The summed E-state index contributed by atoms with van der Waals surface area (Å²) in [4.78, 5) is 26.6. The van der Waals surface area contributed by atoms with Crippen LogP contribution in [0.15, 0.2) is 30.3 Å². The summed E-state index contributed by atoms with van der Waals surface area (Å²) in [6, 6.07) is 9.87. The van der Waals surface area contributed by atoms with E-state index in [9.17, 15) is 9.59 Å². The van der Waals surface area contributed by atoms with E-state index in [1.165, 1.54) is 6.42 Å². The third-order valence-corrected chi connectivity index (χ3v) is 5.20. The molecule has 0 aliphatic heterocycles. The molecule has 0 spiro atoms. The van der Waals surface area contributed by atoms with Gasteiger partial charge in [0.1, 0.15) is 5.75 Å². The molecule has 150 valence electrons. The van der Waals surface area contributed by atoms with Crippen LogP contribution in [0, 0.1) is 5.92 Å². The largest absolute Gasteiger partial charge is 0.494 e. The fraction of sp³-hybridized carbons (Fsp3) is 0.636. The van der Waals surface area contributed by atoms with Gasteiger partial charge >= 0.3 is 5.97 Å². The Labute approximate surface area is 163 Å². The van der Waals surface area contributed by atoms with Gasteiger partial charge in [-0.15, -0.1) is 0 Å². The molecule has 1 amide bonds. The van der Waals surface area contributed by atoms with Gasteiger partial charge in [-0.25, -0.2) is 0 Å². The van der Waals surface area contributed by atoms with E-state index in [1.54, 1.807) is 6.92 Å². The van der Waals surface area contributed by atoms with Crippen LogP contribution in [0.1, 0.15) is 58.8 Å². The Morgan fingerprint density at radius 2 is 1.85 bits per heavy atom. The summed E-state index contributed by atoms with van der Waals surface area (Å²) in [6.45, 7) is 5.36. The zero-order valence-electron chi connectivity index (χ0n) is 16.7. The highest BCUT2D eigenvalue weighted by Gasteiger charge is 2.30. The molecule has 27 heavy (non-hydrogen) atoms. The van der Waals surface area contributed by atoms with Gasteiger partial charge in [-0.1, -0.05) is 38.0 Å². The molecule has 5 heteroatoms. The van der Waals surface area contributed by atoms with Crippen molar-refractivity contribution in [1.82, 2.24) is 4.90 Å².